The van der Waals surface area contributed by atoms with Gasteiger partial charge in [-0.05, 0) is 30.9 Å². The first-order valence-corrected chi connectivity index (χ1v) is 7.26. The van der Waals surface area contributed by atoms with Gasteiger partial charge in [-0.3, -0.25) is 0 Å². The summed E-state index contributed by atoms with van der Waals surface area (Å²) in [5.41, 5.74) is 2.82. The molecule has 3 rings (SSSR count). The fourth-order valence-electron chi connectivity index (χ4n) is 2.78. The summed E-state index contributed by atoms with van der Waals surface area (Å²) in [6.45, 7) is 0.873. The van der Waals surface area contributed by atoms with Crippen molar-refractivity contribution >= 4 is 5.82 Å². The maximum atomic E-state index is 11.8. The van der Waals surface area contributed by atoms with E-state index in [1.807, 2.05) is 24.3 Å². The summed E-state index contributed by atoms with van der Waals surface area (Å²) in [6.07, 6.45) is 3.79. The van der Waals surface area contributed by atoms with E-state index in [1.165, 1.54) is 0 Å². The molecule has 0 amide bonds. The Bertz CT molecular complexity index is 694. The first kappa shape index (κ1) is 13.7. The van der Waals surface area contributed by atoms with Gasteiger partial charge in [0, 0.05) is 24.2 Å². The third-order valence-corrected chi connectivity index (χ3v) is 3.83. The Morgan fingerprint density at radius 2 is 2.14 bits per heavy atom. The molecule has 21 heavy (non-hydrogen) atoms. The largest absolute Gasteiger partial charge is 0.496 e. The van der Waals surface area contributed by atoms with Crippen molar-refractivity contribution in [3.8, 4) is 5.75 Å². The van der Waals surface area contributed by atoms with Gasteiger partial charge in [0.25, 0.3) is 0 Å². The highest BCUT2D eigenvalue weighted by Crippen LogP contribution is 2.25. The number of rotatable bonds is 3. The van der Waals surface area contributed by atoms with Gasteiger partial charge in [0.15, 0.2) is 0 Å². The van der Waals surface area contributed by atoms with E-state index in [0.29, 0.717) is 6.42 Å². The fourth-order valence-corrected chi connectivity index (χ4v) is 2.78. The van der Waals surface area contributed by atoms with Crippen LogP contribution in [0.1, 0.15) is 29.7 Å². The van der Waals surface area contributed by atoms with Gasteiger partial charge in [0.2, 0.25) is 0 Å². The zero-order chi connectivity index (χ0) is 14.7. The Morgan fingerprint density at radius 3 is 3.00 bits per heavy atom. The summed E-state index contributed by atoms with van der Waals surface area (Å²) in [5.74, 6) is 1.58. The molecule has 0 spiro atoms. The third kappa shape index (κ3) is 2.91. The van der Waals surface area contributed by atoms with Crippen molar-refractivity contribution in [2.75, 3.05) is 19.0 Å². The van der Waals surface area contributed by atoms with Crippen LogP contribution in [0, 0.1) is 0 Å². The zero-order valence-electron chi connectivity index (χ0n) is 12.1. The van der Waals surface area contributed by atoms with Gasteiger partial charge in [-0.2, -0.15) is 4.98 Å². The lowest BCUT2D eigenvalue weighted by Crippen LogP contribution is -2.19. The van der Waals surface area contributed by atoms with Gasteiger partial charge < -0.3 is 15.0 Å². The average Bonchev–Trinajstić information content (AvgIpc) is 2.73. The molecule has 5 heteroatoms. The van der Waals surface area contributed by atoms with Crippen LogP contribution in [-0.2, 0) is 12.8 Å². The Labute approximate surface area is 123 Å². The van der Waals surface area contributed by atoms with Crippen molar-refractivity contribution in [1.82, 2.24) is 9.97 Å². The second-order valence-electron chi connectivity index (χ2n) is 5.22. The molecule has 1 aliphatic rings. The highest BCUT2D eigenvalue weighted by Gasteiger charge is 2.16. The van der Waals surface area contributed by atoms with Crippen LogP contribution in [-0.4, -0.2) is 23.6 Å². The SMILES string of the molecule is COc1ccccc1Cc1[nH]c(=O)nc2c1CCCCN2. The van der Waals surface area contributed by atoms with Crippen LogP contribution in [0.3, 0.4) is 0 Å². The predicted octanol–water partition coefficient (Wildman–Crippen LogP) is 2.12. The van der Waals surface area contributed by atoms with Gasteiger partial charge in [0.05, 0.1) is 7.11 Å². The maximum absolute atomic E-state index is 11.8. The number of methoxy groups -OCH3 is 1. The van der Waals surface area contributed by atoms with E-state index in [0.717, 1.165) is 54.2 Å². The van der Waals surface area contributed by atoms with E-state index in [-0.39, 0.29) is 5.69 Å². The van der Waals surface area contributed by atoms with Crippen LogP contribution in [0.15, 0.2) is 29.1 Å². The van der Waals surface area contributed by atoms with E-state index < -0.39 is 0 Å². The summed E-state index contributed by atoms with van der Waals surface area (Å²) in [6, 6.07) is 7.88. The monoisotopic (exact) mass is 285 g/mol. The van der Waals surface area contributed by atoms with Crippen LogP contribution < -0.4 is 15.7 Å². The summed E-state index contributed by atoms with van der Waals surface area (Å²) >= 11 is 0. The minimum absolute atomic E-state index is 0.298. The van der Waals surface area contributed by atoms with Crippen LogP contribution in [0.2, 0.25) is 0 Å². The summed E-state index contributed by atoms with van der Waals surface area (Å²) < 4.78 is 5.39. The molecular formula is C16H19N3O2. The first-order chi connectivity index (χ1) is 10.3. The van der Waals surface area contributed by atoms with E-state index in [2.05, 4.69) is 15.3 Å². The second kappa shape index (κ2) is 5.99. The molecule has 0 atom stereocenters. The molecule has 110 valence electrons. The Balaban J connectivity index is 2.02. The molecule has 5 nitrogen and oxygen atoms in total. The van der Waals surface area contributed by atoms with Crippen LogP contribution in [0.4, 0.5) is 5.82 Å². The number of aromatic amines is 1. The molecule has 0 radical (unpaired) electrons. The standard InChI is InChI=1S/C16H19N3O2/c1-21-14-8-3-2-6-11(14)10-13-12-7-4-5-9-17-15(12)19-16(20)18-13/h2-3,6,8H,4-5,7,9-10H2,1H3,(H2,17,18,19,20). The fraction of sp³-hybridized carbons (Fsp3) is 0.375. The third-order valence-electron chi connectivity index (χ3n) is 3.83. The molecular weight excluding hydrogens is 266 g/mol. The van der Waals surface area contributed by atoms with Gasteiger partial charge in [-0.1, -0.05) is 18.2 Å². The molecule has 2 heterocycles. The molecule has 0 fully saturated rings. The molecule has 2 aromatic rings. The molecule has 0 bridgehead atoms. The number of H-pyrrole nitrogens is 1. The maximum Gasteiger partial charge on any atom is 0.347 e. The Kier molecular flexibility index (Phi) is 3.90. The Hall–Kier alpha value is -2.30. The van der Waals surface area contributed by atoms with E-state index in [9.17, 15) is 4.79 Å². The number of anilines is 1. The van der Waals surface area contributed by atoms with E-state index in [1.54, 1.807) is 7.11 Å². The lowest BCUT2D eigenvalue weighted by atomic mass is 10.0. The number of fused-ring (bicyclic) bond motifs is 1. The molecule has 0 aliphatic carbocycles. The molecule has 0 saturated carbocycles. The number of aromatic nitrogens is 2. The minimum Gasteiger partial charge on any atom is -0.496 e. The number of para-hydroxylation sites is 1. The zero-order valence-corrected chi connectivity index (χ0v) is 12.1. The quantitative estimate of drug-likeness (QED) is 0.906. The predicted molar refractivity (Wildman–Crippen MR) is 82.1 cm³/mol. The first-order valence-electron chi connectivity index (χ1n) is 7.26. The van der Waals surface area contributed by atoms with Gasteiger partial charge >= 0.3 is 5.69 Å². The van der Waals surface area contributed by atoms with Crippen molar-refractivity contribution in [3.05, 3.63) is 51.6 Å². The van der Waals surface area contributed by atoms with Crippen molar-refractivity contribution in [1.29, 1.82) is 0 Å². The van der Waals surface area contributed by atoms with E-state index in [4.69, 9.17) is 4.74 Å². The minimum atomic E-state index is -0.298. The number of nitrogens with zero attached hydrogens (tertiary/aromatic N) is 1. The van der Waals surface area contributed by atoms with Gasteiger partial charge in [0.1, 0.15) is 11.6 Å². The van der Waals surface area contributed by atoms with Crippen molar-refractivity contribution in [2.45, 2.75) is 25.7 Å². The molecule has 1 aromatic heterocycles. The number of hydrogen-bond acceptors (Lipinski definition) is 4. The molecule has 0 saturated heterocycles. The summed E-state index contributed by atoms with van der Waals surface area (Å²) in [4.78, 5) is 18.7. The number of hydrogen-bond donors (Lipinski definition) is 2. The average molecular weight is 285 g/mol. The lowest BCUT2D eigenvalue weighted by molar-refractivity contribution is 0.410. The highest BCUT2D eigenvalue weighted by molar-refractivity contribution is 5.49. The van der Waals surface area contributed by atoms with Crippen LogP contribution >= 0.6 is 0 Å². The summed E-state index contributed by atoms with van der Waals surface area (Å²) in [5, 5.41) is 3.26. The summed E-state index contributed by atoms with van der Waals surface area (Å²) in [7, 11) is 1.66. The molecule has 0 unspecified atom stereocenters. The number of ether oxygens (including phenoxy) is 1. The normalized spacial score (nSPS) is 14.0. The van der Waals surface area contributed by atoms with Crippen molar-refractivity contribution < 1.29 is 4.74 Å². The lowest BCUT2D eigenvalue weighted by Gasteiger charge is -2.13. The van der Waals surface area contributed by atoms with Gasteiger partial charge in [-0.15, -0.1) is 0 Å². The topological polar surface area (TPSA) is 67.0 Å². The highest BCUT2D eigenvalue weighted by atomic mass is 16.5. The second-order valence-corrected chi connectivity index (χ2v) is 5.22. The smallest absolute Gasteiger partial charge is 0.347 e. The Morgan fingerprint density at radius 1 is 1.29 bits per heavy atom. The van der Waals surface area contributed by atoms with Crippen LogP contribution in [0.25, 0.3) is 0 Å². The number of benzene rings is 1. The van der Waals surface area contributed by atoms with Gasteiger partial charge in [-0.25, -0.2) is 4.79 Å². The van der Waals surface area contributed by atoms with E-state index >= 15 is 0 Å². The number of nitrogens with one attached hydrogen (secondary N) is 2. The van der Waals surface area contributed by atoms with Crippen molar-refractivity contribution in [2.24, 2.45) is 0 Å². The van der Waals surface area contributed by atoms with Crippen molar-refractivity contribution in [3.63, 3.8) is 0 Å². The molecule has 1 aromatic carbocycles. The molecule has 1 aliphatic heterocycles. The van der Waals surface area contributed by atoms with Crippen LogP contribution in [0.5, 0.6) is 5.75 Å². The molecule has 2 N–H and O–H groups in total.